The topological polar surface area (TPSA) is 50.4 Å². The Kier molecular flexibility index (Phi) is 2.90. The van der Waals surface area contributed by atoms with Crippen molar-refractivity contribution >= 4 is 5.97 Å². The average Bonchev–Trinajstić information content (AvgIpc) is 2.46. The SMILES string of the molecule is C=CC(Cc1ccc(C)o1)C(=O)O. The van der Waals surface area contributed by atoms with Crippen LogP contribution >= 0.6 is 0 Å². The third-order valence-electron chi connectivity index (χ3n) is 1.82. The fourth-order valence-corrected chi connectivity index (χ4v) is 1.08. The molecular weight excluding hydrogens is 168 g/mol. The van der Waals surface area contributed by atoms with Crippen LogP contribution in [0.3, 0.4) is 0 Å². The number of carbonyl (C=O) groups is 1. The summed E-state index contributed by atoms with van der Waals surface area (Å²) in [5, 5.41) is 8.73. The van der Waals surface area contributed by atoms with Crippen molar-refractivity contribution in [1.82, 2.24) is 0 Å². The molecule has 0 amide bonds. The van der Waals surface area contributed by atoms with E-state index in [2.05, 4.69) is 6.58 Å². The summed E-state index contributed by atoms with van der Waals surface area (Å²) in [5.41, 5.74) is 0. The molecule has 1 aromatic heterocycles. The zero-order chi connectivity index (χ0) is 9.84. The predicted molar refractivity (Wildman–Crippen MR) is 48.5 cm³/mol. The predicted octanol–water partition coefficient (Wildman–Crippen LogP) is 2.02. The first-order valence-corrected chi connectivity index (χ1v) is 4.04. The second kappa shape index (κ2) is 3.94. The molecule has 0 aromatic carbocycles. The third kappa shape index (κ3) is 2.47. The van der Waals surface area contributed by atoms with Gasteiger partial charge in [-0.2, -0.15) is 0 Å². The molecule has 1 rings (SSSR count). The Balaban J connectivity index is 2.67. The molecule has 1 N–H and O–H groups in total. The van der Waals surface area contributed by atoms with Crippen LogP contribution in [-0.2, 0) is 11.2 Å². The van der Waals surface area contributed by atoms with E-state index >= 15 is 0 Å². The number of hydrogen-bond acceptors (Lipinski definition) is 2. The summed E-state index contributed by atoms with van der Waals surface area (Å²) in [6.07, 6.45) is 1.78. The van der Waals surface area contributed by atoms with Crippen LogP contribution in [0, 0.1) is 12.8 Å². The molecule has 0 radical (unpaired) electrons. The van der Waals surface area contributed by atoms with Gasteiger partial charge in [-0.05, 0) is 19.1 Å². The van der Waals surface area contributed by atoms with Gasteiger partial charge in [0, 0.05) is 6.42 Å². The fourth-order valence-electron chi connectivity index (χ4n) is 1.08. The maximum atomic E-state index is 10.6. The Morgan fingerprint density at radius 2 is 2.46 bits per heavy atom. The summed E-state index contributed by atoms with van der Waals surface area (Å²) in [7, 11) is 0. The summed E-state index contributed by atoms with van der Waals surface area (Å²) < 4.78 is 5.25. The fraction of sp³-hybridized carbons (Fsp3) is 0.300. The van der Waals surface area contributed by atoms with E-state index in [1.807, 2.05) is 13.0 Å². The normalized spacial score (nSPS) is 12.4. The molecule has 0 spiro atoms. The van der Waals surface area contributed by atoms with Gasteiger partial charge in [-0.3, -0.25) is 4.79 Å². The van der Waals surface area contributed by atoms with Crippen LogP contribution in [0.15, 0.2) is 29.2 Å². The molecule has 0 aliphatic heterocycles. The number of aryl methyl sites for hydroxylation is 1. The van der Waals surface area contributed by atoms with Crippen LogP contribution in [0.1, 0.15) is 11.5 Å². The molecule has 0 aliphatic rings. The number of hydrogen-bond donors (Lipinski definition) is 1. The van der Waals surface area contributed by atoms with E-state index in [4.69, 9.17) is 9.52 Å². The van der Waals surface area contributed by atoms with Crippen LogP contribution < -0.4 is 0 Å². The first-order chi connectivity index (χ1) is 6.13. The largest absolute Gasteiger partial charge is 0.481 e. The number of carboxylic acid groups (broad SMARTS) is 1. The van der Waals surface area contributed by atoms with Crippen LogP contribution in [-0.4, -0.2) is 11.1 Å². The van der Waals surface area contributed by atoms with Gasteiger partial charge < -0.3 is 9.52 Å². The molecule has 0 saturated carbocycles. The molecule has 1 unspecified atom stereocenters. The summed E-state index contributed by atoms with van der Waals surface area (Å²) in [4.78, 5) is 10.6. The van der Waals surface area contributed by atoms with Gasteiger partial charge in [0.2, 0.25) is 0 Å². The molecule has 0 fully saturated rings. The Morgan fingerprint density at radius 3 is 2.85 bits per heavy atom. The van der Waals surface area contributed by atoms with Crippen LogP contribution in [0.5, 0.6) is 0 Å². The number of furan rings is 1. The van der Waals surface area contributed by atoms with Crippen molar-refractivity contribution in [2.45, 2.75) is 13.3 Å². The van der Waals surface area contributed by atoms with E-state index in [0.29, 0.717) is 12.2 Å². The summed E-state index contributed by atoms with van der Waals surface area (Å²) in [6.45, 7) is 5.29. The van der Waals surface area contributed by atoms with Crippen molar-refractivity contribution in [1.29, 1.82) is 0 Å². The molecular formula is C10H12O3. The van der Waals surface area contributed by atoms with E-state index < -0.39 is 11.9 Å². The van der Waals surface area contributed by atoms with Crippen LogP contribution in [0.25, 0.3) is 0 Å². The van der Waals surface area contributed by atoms with Crippen molar-refractivity contribution in [2.75, 3.05) is 0 Å². The van der Waals surface area contributed by atoms with Gasteiger partial charge in [0.1, 0.15) is 11.5 Å². The Morgan fingerprint density at radius 1 is 1.77 bits per heavy atom. The Labute approximate surface area is 76.7 Å². The average molecular weight is 180 g/mol. The van der Waals surface area contributed by atoms with E-state index in [-0.39, 0.29) is 0 Å². The lowest BCUT2D eigenvalue weighted by molar-refractivity contribution is -0.140. The third-order valence-corrected chi connectivity index (χ3v) is 1.82. The van der Waals surface area contributed by atoms with Crippen molar-refractivity contribution in [3.8, 4) is 0 Å². The number of rotatable bonds is 4. The van der Waals surface area contributed by atoms with E-state index in [1.165, 1.54) is 6.08 Å². The van der Waals surface area contributed by atoms with E-state index in [1.54, 1.807) is 6.07 Å². The molecule has 13 heavy (non-hydrogen) atoms. The van der Waals surface area contributed by atoms with Crippen molar-refractivity contribution in [3.63, 3.8) is 0 Å². The molecule has 70 valence electrons. The molecule has 3 heteroatoms. The quantitative estimate of drug-likeness (QED) is 0.721. The molecule has 1 heterocycles. The first kappa shape index (κ1) is 9.58. The highest BCUT2D eigenvalue weighted by Crippen LogP contribution is 2.13. The minimum atomic E-state index is -0.871. The van der Waals surface area contributed by atoms with Gasteiger partial charge in [0.05, 0.1) is 5.92 Å². The van der Waals surface area contributed by atoms with Crippen molar-refractivity contribution in [2.24, 2.45) is 5.92 Å². The van der Waals surface area contributed by atoms with Crippen molar-refractivity contribution < 1.29 is 14.3 Å². The second-order valence-corrected chi connectivity index (χ2v) is 2.90. The lowest BCUT2D eigenvalue weighted by Crippen LogP contribution is -2.12. The Bertz CT molecular complexity index is 312. The van der Waals surface area contributed by atoms with Gasteiger partial charge in [0.15, 0.2) is 0 Å². The number of aliphatic carboxylic acids is 1. The van der Waals surface area contributed by atoms with Gasteiger partial charge in [-0.1, -0.05) is 6.08 Å². The highest BCUT2D eigenvalue weighted by molar-refractivity contribution is 5.72. The first-order valence-electron chi connectivity index (χ1n) is 4.04. The summed E-state index contributed by atoms with van der Waals surface area (Å²) >= 11 is 0. The summed E-state index contributed by atoms with van der Waals surface area (Å²) in [5.74, 6) is 0.0441. The number of carboxylic acids is 1. The minimum Gasteiger partial charge on any atom is -0.481 e. The monoisotopic (exact) mass is 180 g/mol. The highest BCUT2D eigenvalue weighted by Gasteiger charge is 2.15. The molecule has 3 nitrogen and oxygen atoms in total. The standard InChI is InChI=1S/C10H12O3/c1-3-8(10(11)12)6-9-5-4-7(2)13-9/h3-5,8H,1,6H2,2H3,(H,11,12). The van der Waals surface area contributed by atoms with Gasteiger partial charge in [0.25, 0.3) is 0 Å². The Hall–Kier alpha value is -1.51. The van der Waals surface area contributed by atoms with E-state index in [0.717, 1.165) is 5.76 Å². The zero-order valence-electron chi connectivity index (χ0n) is 7.49. The maximum Gasteiger partial charge on any atom is 0.310 e. The molecule has 0 saturated heterocycles. The van der Waals surface area contributed by atoms with E-state index in [9.17, 15) is 4.79 Å². The minimum absolute atomic E-state index is 0.368. The lowest BCUT2D eigenvalue weighted by atomic mass is 10.1. The van der Waals surface area contributed by atoms with Crippen LogP contribution in [0.4, 0.5) is 0 Å². The smallest absolute Gasteiger partial charge is 0.310 e. The van der Waals surface area contributed by atoms with Crippen LogP contribution in [0.2, 0.25) is 0 Å². The van der Waals surface area contributed by atoms with Crippen molar-refractivity contribution in [3.05, 3.63) is 36.3 Å². The van der Waals surface area contributed by atoms with Gasteiger partial charge in [-0.15, -0.1) is 6.58 Å². The maximum absolute atomic E-state index is 10.6. The molecule has 1 aromatic rings. The van der Waals surface area contributed by atoms with Gasteiger partial charge in [-0.25, -0.2) is 0 Å². The highest BCUT2D eigenvalue weighted by atomic mass is 16.4. The summed E-state index contributed by atoms with van der Waals surface area (Å²) in [6, 6.07) is 3.60. The second-order valence-electron chi connectivity index (χ2n) is 2.90. The zero-order valence-corrected chi connectivity index (χ0v) is 7.49. The molecule has 1 atom stereocenters. The molecule has 0 bridgehead atoms. The lowest BCUT2D eigenvalue weighted by Gasteiger charge is -2.03. The molecule has 0 aliphatic carbocycles. The van der Waals surface area contributed by atoms with Gasteiger partial charge >= 0.3 is 5.97 Å².